The molecule has 20 heavy (non-hydrogen) atoms. The lowest BCUT2D eigenvalue weighted by Gasteiger charge is -2.12. The second-order valence-corrected chi connectivity index (χ2v) is 4.98. The van der Waals surface area contributed by atoms with Crippen LogP contribution < -0.4 is 10.1 Å². The lowest BCUT2D eigenvalue weighted by Crippen LogP contribution is -2.86. The molecule has 1 aromatic rings. The lowest BCUT2D eigenvalue weighted by molar-refractivity contribution is -0.661. The number of quaternary nitrogens is 1. The first-order chi connectivity index (χ1) is 9.59. The molecule has 0 bridgehead atoms. The van der Waals surface area contributed by atoms with Crippen LogP contribution in [-0.2, 0) is 4.74 Å². The van der Waals surface area contributed by atoms with Crippen LogP contribution in [0.25, 0.3) is 0 Å². The van der Waals surface area contributed by atoms with Crippen molar-refractivity contribution in [3.63, 3.8) is 0 Å². The molecule has 0 saturated carbocycles. The smallest absolute Gasteiger partial charge is 0.165 e. The Morgan fingerprint density at radius 3 is 2.75 bits per heavy atom. The van der Waals surface area contributed by atoms with E-state index in [0.717, 1.165) is 19.6 Å². The van der Waals surface area contributed by atoms with E-state index in [9.17, 15) is 9.50 Å². The highest BCUT2D eigenvalue weighted by molar-refractivity contribution is 5.23. The Morgan fingerprint density at radius 2 is 2.05 bits per heavy atom. The molecular weight excluding hydrogens is 261 g/mol. The average Bonchev–Trinajstić information content (AvgIpc) is 2.41. The van der Waals surface area contributed by atoms with E-state index in [0.29, 0.717) is 6.54 Å². The molecule has 0 fully saturated rings. The summed E-state index contributed by atoms with van der Waals surface area (Å²) in [5, 5.41) is 11.7. The van der Waals surface area contributed by atoms with Gasteiger partial charge in [-0.1, -0.05) is 12.1 Å². The van der Waals surface area contributed by atoms with E-state index in [1.165, 1.54) is 6.07 Å². The number of aliphatic hydroxyl groups is 1. The number of benzene rings is 1. The third kappa shape index (κ3) is 7.43. The molecule has 0 amide bonds. The molecule has 0 aliphatic carbocycles. The summed E-state index contributed by atoms with van der Waals surface area (Å²) in [5.41, 5.74) is 0. The van der Waals surface area contributed by atoms with Crippen molar-refractivity contribution in [2.75, 3.05) is 26.3 Å². The van der Waals surface area contributed by atoms with Crippen LogP contribution >= 0.6 is 0 Å². The van der Waals surface area contributed by atoms with E-state index in [2.05, 4.69) is 0 Å². The number of halogens is 1. The molecule has 0 saturated heterocycles. The summed E-state index contributed by atoms with van der Waals surface area (Å²) in [6.45, 7) is 6.27. The fourth-order valence-corrected chi connectivity index (χ4v) is 1.67. The van der Waals surface area contributed by atoms with Gasteiger partial charge in [-0.05, 0) is 26.0 Å². The zero-order chi connectivity index (χ0) is 14.8. The topological polar surface area (TPSA) is 55.3 Å². The van der Waals surface area contributed by atoms with Crippen molar-refractivity contribution < 1.29 is 24.3 Å². The van der Waals surface area contributed by atoms with Crippen molar-refractivity contribution in [3.8, 4) is 5.75 Å². The lowest BCUT2D eigenvalue weighted by atomic mass is 10.3. The minimum absolute atomic E-state index is 0.0972. The second-order valence-electron chi connectivity index (χ2n) is 4.98. The van der Waals surface area contributed by atoms with Gasteiger partial charge in [0.2, 0.25) is 0 Å². The number of rotatable bonds is 10. The minimum atomic E-state index is -0.611. The summed E-state index contributed by atoms with van der Waals surface area (Å²) in [5.74, 6) is -0.230. The third-order valence-corrected chi connectivity index (χ3v) is 2.71. The van der Waals surface area contributed by atoms with Gasteiger partial charge >= 0.3 is 0 Å². The Hall–Kier alpha value is -1.17. The van der Waals surface area contributed by atoms with Crippen molar-refractivity contribution in [2.45, 2.75) is 32.5 Å². The van der Waals surface area contributed by atoms with Crippen LogP contribution in [-0.4, -0.2) is 43.6 Å². The van der Waals surface area contributed by atoms with Crippen molar-refractivity contribution in [1.29, 1.82) is 0 Å². The van der Waals surface area contributed by atoms with Crippen LogP contribution in [0.5, 0.6) is 5.75 Å². The van der Waals surface area contributed by atoms with Crippen molar-refractivity contribution in [1.82, 2.24) is 0 Å². The number of nitrogens with two attached hydrogens (primary N) is 1. The fourth-order valence-electron chi connectivity index (χ4n) is 1.67. The van der Waals surface area contributed by atoms with E-state index in [4.69, 9.17) is 9.47 Å². The SMILES string of the molecule is CC(C)OCCC[NH2+]C[C@@H](O)COc1ccccc1F. The van der Waals surface area contributed by atoms with E-state index in [1.807, 2.05) is 19.2 Å². The van der Waals surface area contributed by atoms with E-state index < -0.39 is 11.9 Å². The van der Waals surface area contributed by atoms with Crippen LogP contribution in [0.15, 0.2) is 24.3 Å². The zero-order valence-corrected chi connectivity index (χ0v) is 12.2. The Balaban J connectivity index is 2.06. The Labute approximate surface area is 119 Å². The standard InChI is InChI=1S/C15H24FNO3/c1-12(2)19-9-5-8-17-10-13(18)11-20-15-7-4-3-6-14(15)16/h3-4,6-7,12-13,17-18H,5,8-11H2,1-2H3/p+1/t13-/m1/s1. The van der Waals surface area contributed by atoms with E-state index in [1.54, 1.807) is 18.2 Å². The first kappa shape index (κ1) is 16.9. The highest BCUT2D eigenvalue weighted by Gasteiger charge is 2.09. The quantitative estimate of drug-likeness (QED) is 0.630. The van der Waals surface area contributed by atoms with Gasteiger partial charge in [0.25, 0.3) is 0 Å². The average molecular weight is 286 g/mol. The van der Waals surface area contributed by atoms with Gasteiger partial charge in [-0.2, -0.15) is 0 Å². The number of para-hydroxylation sites is 1. The minimum Gasteiger partial charge on any atom is -0.488 e. The molecular formula is C15H25FNO3+. The molecule has 3 N–H and O–H groups in total. The maximum Gasteiger partial charge on any atom is 0.165 e. The maximum atomic E-state index is 13.3. The molecule has 1 aromatic carbocycles. The summed E-state index contributed by atoms with van der Waals surface area (Å²) in [4.78, 5) is 0. The summed E-state index contributed by atoms with van der Waals surface area (Å²) in [7, 11) is 0. The number of ether oxygens (including phenoxy) is 2. The molecule has 1 rings (SSSR count). The fraction of sp³-hybridized carbons (Fsp3) is 0.600. The molecule has 0 heterocycles. The highest BCUT2D eigenvalue weighted by Crippen LogP contribution is 2.15. The number of hydrogen-bond acceptors (Lipinski definition) is 3. The monoisotopic (exact) mass is 286 g/mol. The Kier molecular flexibility index (Phi) is 8.18. The predicted octanol–water partition coefficient (Wildman–Crippen LogP) is 0.944. The summed E-state index contributed by atoms with van der Waals surface area (Å²) in [6.07, 6.45) is 0.592. The second kappa shape index (κ2) is 9.69. The van der Waals surface area contributed by atoms with E-state index in [-0.39, 0.29) is 18.5 Å². The van der Waals surface area contributed by atoms with Crippen molar-refractivity contribution in [3.05, 3.63) is 30.1 Å². The molecule has 0 aliphatic rings. The van der Waals surface area contributed by atoms with Gasteiger partial charge in [-0.3, -0.25) is 0 Å². The van der Waals surface area contributed by atoms with Crippen molar-refractivity contribution in [2.24, 2.45) is 0 Å². The normalized spacial score (nSPS) is 12.7. The van der Waals surface area contributed by atoms with Crippen molar-refractivity contribution >= 4 is 0 Å². The molecule has 0 aromatic heterocycles. The number of hydrogen-bond donors (Lipinski definition) is 2. The molecule has 0 radical (unpaired) electrons. The van der Waals surface area contributed by atoms with E-state index >= 15 is 0 Å². The zero-order valence-electron chi connectivity index (χ0n) is 12.2. The van der Waals surface area contributed by atoms with Crippen LogP contribution in [0.3, 0.4) is 0 Å². The van der Waals surface area contributed by atoms with Gasteiger partial charge < -0.3 is 19.9 Å². The molecule has 0 spiro atoms. The van der Waals surface area contributed by atoms with Gasteiger partial charge in [-0.25, -0.2) is 4.39 Å². The van der Waals surface area contributed by atoms with Gasteiger partial charge in [0.05, 0.1) is 19.3 Å². The molecule has 1 atom stereocenters. The van der Waals surface area contributed by atoms with Crippen LogP contribution in [0, 0.1) is 5.82 Å². The summed E-state index contributed by atoms with van der Waals surface area (Å²) >= 11 is 0. The number of aliphatic hydroxyl groups excluding tert-OH is 1. The van der Waals surface area contributed by atoms with Gasteiger partial charge in [0, 0.05) is 6.42 Å². The predicted molar refractivity (Wildman–Crippen MR) is 75.3 cm³/mol. The summed E-state index contributed by atoms with van der Waals surface area (Å²) < 4.78 is 23.9. The molecule has 0 unspecified atom stereocenters. The Morgan fingerprint density at radius 1 is 1.30 bits per heavy atom. The maximum absolute atomic E-state index is 13.3. The van der Waals surface area contributed by atoms with Crippen LogP contribution in [0.4, 0.5) is 4.39 Å². The largest absolute Gasteiger partial charge is 0.488 e. The molecule has 114 valence electrons. The first-order valence-corrected chi connectivity index (χ1v) is 7.08. The van der Waals surface area contributed by atoms with Crippen LogP contribution in [0.2, 0.25) is 0 Å². The van der Waals surface area contributed by atoms with Crippen LogP contribution in [0.1, 0.15) is 20.3 Å². The molecule has 0 aliphatic heterocycles. The van der Waals surface area contributed by atoms with Gasteiger partial charge in [-0.15, -0.1) is 0 Å². The molecule has 5 heteroatoms. The first-order valence-electron chi connectivity index (χ1n) is 7.08. The summed E-state index contributed by atoms with van der Waals surface area (Å²) in [6, 6.07) is 6.19. The van der Waals surface area contributed by atoms with Gasteiger partial charge in [0.15, 0.2) is 11.6 Å². The van der Waals surface area contributed by atoms with Gasteiger partial charge in [0.1, 0.15) is 19.3 Å². The highest BCUT2D eigenvalue weighted by atomic mass is 19.1. The Bertz CT molecular complexity index is 374. The third-order valence-electron chi connectivity index (χ3n) is 2.71. The molecule has 4 nitrogen and oxygen atoms in total.